The Hall–Kier alpha value is -1.95. The highest BCUT2D eigenvalue weighted by Crippen LogP contribution is 2.25. The average molecular weight is 317 g/mol. The predicted octanol–water partition coefficient (Wildman–Crippen LogP) is 2.26. The third kappa shape index (κ3) is 3.88. The van der Waals surface area contributed by atoms with Gasteiger partial charge in [-0.25, -0.2) is 0 Å². The zero-order valence-corrected chi connectivity index (χ0v) is 13.7. The summed E-state index contributed by atoms with van der Waals surface area (Å²) < 4.78 is 15.3. The zero-order valence-electron chi connectivity index (χ0n) is 13.7. The van der Waals surface area contributed by atoms with Gasteiger partial charge in [0, 0.05) is 27.1 Å². The summed E-state index contributed by atoms with van der Waals surface area (Å²) in [6.45, 7) is 0. The van der Waals surface area contributed by atoms with E-state index in [1.54, 1.807) is 0 Å². The van der Waals surface area contributed by atoms with Crippen LogP contribution in [0.1, 0.15) is 12.0 Å². The van der Waals surface area contributed by atoms with E-state index in [4.69, 9.17) is 19.9 Å². The molecule has 0 aliphatic heterocycles. The summed E-state index contributed by atoms with van der Waals surface area (Å²) in [6, 6.07) is 14.0. The van der Waals surface area contributed by atoms with Crippen molar-refractivity contribution in [1.29, 1.82) is 0 Å². The lowest BCUT2D eigenvalue weighted by Crippen LogP contribution is -2.53. The van der Waals surface area contributed by atoms with Crippen LogP contribution in [0.3, 0.4) is 0 Å². The molecule has 23 heavy (non-hydrogen) atoms. The lowest BCUT2D eigenvalue weighted by Gasteiger charge is -2.30. The predicted molar refractivity (Wildman–Crippen MR) is 89.0 cm³/mol. The third-order valence-corrected chi connectivity index (χ3v) is 4.03. The molecule has 2 rings (SSSR count). The molecule has 5 heteroatoms. The largest absolute Gasteiger partial charge is 0.468 e. The zero-order chi connectivity index (χ0) is 16.9. The minimum Gasteiger partial charge on any atom is -0.468 e. The van der Waals surface area contributed by atoms with Crippen molar-refractivity contribution < 1.29 is 19.0 Å². The van der Waals surface area contributed by atoms with Gasteiger partial charge >= 0.3 is 5.97 Å². The van der Waals surface area contributed by atoms with E-state index < -0.39 is 17.8 Å². The molecule has 2 aromatic carbocycles. The van der Waals surface area contributed by atoms with Crippen LogP contribution in [0, 0.1) is 0 Å². The van der Waals surface area contributed by atoms with E-state index in [2.05, 4.69) is 0 Å². The summed E-state index contributed by atoms with van der Waals surface area (Å²) in [5.74, 6) is -0.482. The van der Waals surface area contributed by atoms with Crippen molar-refractivity contribution in [2.75, 3.05) is 21.3 Å². The number of hydrogen-bond donors (Lipinski definition) is 1. The van der Waals surface area contributed by atoms with Gasteiger partial charge in [0.05, 0.1) is 7.11 Å². The summed E-state index contributed by atoms with van der Waals surface area (Å²) in [5, 5.41) is 2.17. The van der Waals surface area contributed by atoms with Gasteiger partial charge in [-0.05, 0) is 16.3 Å². The molecule has 0 saturated carbocycles. The number of carbonyl (C=O) groups excluding carboxylic acids is 1. The van der Waals surface area contributed by atoms with Crippen molar-refractivity contribution in [2.24, 2.45) is 5.73 Å². The van der Waals surface area contributed by atoms with Crippen molar-refractivity contribution in [3.63, 3.8) is 0 Å². The molecule has 0 bridgehead atoms. The number of fused-ring (bicyclic) bond motifs is 1. The van der Waals surface area contributed by atoms with Crippen LogP contribution in [0.2, 0.25) is 0 Å². The Kier molecular flexibility index (Phi) is 5.71. The topological polar surface area (TPSA) is 70.8 Å². The highest BCUT2D eigenvalue weighted by molar-refractivity contribution is 5.87. The van der Waals surface area contributed by atoms with Gasteiger partial charge in [0.25, 0.3) is 0 Å². The molecule has 124 valence electrons. The Balaban J connectivity index is 2.38. The molecule has 1 atom stereocenters. The Morgan fingerprint density at radius 2 is 1.74 bits per heavy atom. The molecule has 0 saturated heterocycles. The van der Waals surface area contributed by atoms with E-state index in [9.17, 15) is 4.79 Å². The number of ether oxygens (including phenoxy) is 3. The van der Waals surface area contributed by atoms with E-state index in [1.165, 1.54) is 21.3 Å². The van der Waals surface area contributed by atoms with Crippen molar-refractivity contribution in [2.45, 2.75) is 24.7 Å². The van der Waals surface area contributed by atoms with Crippen LogP contribution < -0.4 is 5.73 Å². The van der Waals surface area contributed by atoms with Crippen LogP contribution in [0.5, 0.6) is 0 Å². The molecule has 5 nitrogen and oxygen atoms in total. The average Bonchev–Trinajstić information content (AvgIpc) is 2.59. The first-order valence-corrected chi connectivity index (χ1v) is 7.43. The summed E-state index contributed by atoms with van der Waals surface area (Å²) in [7, 11) is 4.37. The second kappa shape index (κ2) is 7.55. The van der Waals surface area contributed by atoms with Gasteiger partial charge in [0.1, 0.15) is 5.54 Å². The van der Waals surface area contributed by atoms with E-state index in [0.29, 0.717) is 6.42 Å². The molecule has 0 aliphatic rings. The van der Waals surface area contributed by atoms with Gasteiger partial charge in [-0.15, -0.1) is 0 Å². The van der Waals surface area contributed by atoms with E-state index in [1.807, 2.05) is 42.5 Å². The number of nitrogens with two attached hydrogens (primary N) is 1. The Morgan fingerprint density at radius 3 is 2.39 bits per heavy atom. The van der Waals surface area contributed by atoms with Crippen molar-refractivity contribution in [3.05, 3.63) is 48.0 Å². The summed E-state index contributed by atoms with van der Waals surface area (Å²) in [5.41, 5.74) is 6.15. The normalized spacial score (nSPS) is 14.0. The maximum atomic E-state index is 12.3. The quantitative estimate of drug-likeness (QED) is 0.626. The van der Waals surface area contributed by atoms with Gasteiger partial charge < -0.3 is 19.9 Å². The highest BCUT2D eigenvalue weighted by atomic mass is 16.7. The highest BCUT2D eigenvalue weighted by Gasteiger charge is 2.38. The first-order chi connectivity index (χ1) is 11.0. The van der Waals surface area contributed by atoms with Gasteiger partial charge in [-0.3, -0.25) is 4.79 Å². The maximum Gasteiger partial charge on any atom is 0.326 e. The van der Waals surface area contributed by atoms with Crippen LogP contribution in [0.25, 0.3) is 10.8 Å². The van der Waals surface area contributed by atoms with Crippen LogP contribution in [-0.2, 0) is 25.4 Å². The Morgan fingerprint density at radius 1 is 1.09 bits per heavy atom. The van der Waals surface area contributed by atoms with E-state index in [0.717, 1.165) is 16.3 Å². The molecule has 0 aliphatic carbocycles. The second-order valence-electron chi connectivity index (χ2n) is 5.57. The summed E-state index contributed by atoms with van der Waals surface area (Å²) in [4.78, 5) is 12.3. The molecule has 2 N–H and O–H groups in total. The molecule has 0 spiro atoms. The van der Waals surface area contributed by atoms with Gasteiger partial charge in [-0.1, -0.05) is 42.5 Å². The molecule has 0 aromatic heterocycles. The maximum absolute atomic E-state index is 12.3. The Labute approximate surface area is 136 Å². The fraction of sp³-hybridized carbons (Fsp3) is 0.389. The number of hydrogen-bond acceptors (Lipinski definition) is 5. The second-order valence-corrected chi connectivity index (χ2v) is 5.57. The van der Waals surface area contributed by atoms with Crippen LogP contribution >= 0.6 is 0 Å². The first kappa shape index (κ1) is 17.4. The number of rotatable bonds is 7. The number of carbonyl (C=O) groups is 1. The third-order valence-electron chi connectivity index (χ3n) is 4.03. The lowest BCUT2D eigenvalue weighted by atomic mass is 9.86. The molecule has 0 radical (unpaired) electrons. The van der Waals surface area contributed by atoms with Gasteiger partial charge in [0.2, 0.25) is 0 Å². The fourth-order valence-corrected chi connectivity index (χ4v) is 2.78. The molecule has 0 heterocycles. The molecule has 2 aromatic rings. The van der Waals surface area contributed by atoms with Crippen LogP contribution in [0.15, 0.2) is 42.5 Å². The fourth-order valence-electron chi connectivity index (χ4n) is 2.78. The van der Waals surface area contributed by atoms with Crippen molar-refractivity contribution in [1.82, 2.24) is 0 Å². The van der Waals surface area contributed by atoms with Gasteiger partial charge in [-0.2, -0.15) is 0 Å². The minimum absolute atomic E-state index is 0.204. The number of benzene rings is 2. The van der Waals surface area contributed by atoms with Crippen LogP contribution in [0.4, 0.5) is 0 Å². The molecule has 0 amide bonds. The van der Waals surface area contributed by atoms with E-state index >= 15 is 0 Å². The minimum atomic E-state index is -1.23. The number of esters is 1. The van der Waals surface area contributed by atoms with Crippen molar-refractivity contribution >= 4 is 16.7 Å². The molecular weight excluding hydrogens is 294 g/mol. The molecule has 0 unspecified atom stereocenters. The Bertz CT molecular complexity index is 664. The van der Waals surface area contributed by atoms with Gasteiger partial charge in [0.15, 0.2) is 6.29 Å². The smallest absolute Gasteiger partial charge is 0.326 e. The van der Waals surface area contributed by atoms with E-state index in [-0.39, 0.29) is 6.42 Å². The van der Waals surface area contributed by atoms with Crippen LogP contribution in [-0.4, -0.2) is 39.1 Å². The monoisotopic (exact) mass is 317 g/mol. The summed E-state index contributed by atoms with van der Waals surface area (Å²) >= 11 is 0. The van der Waals surface area contributed by atoms with Crippen molar-refractivity contribution in [3.8, 4) is 0 Å². The lowest BCUT2D eigenvalue weighted by molar-refractivity contribution is -0.156. The summed E-state index contributed by atoms with van der Waals surface area (Å²) in [6.07, 6.45) is -0.0331. The molecular formula is C18H23NO4. The first-order valence-electron chi connectivity index (χ1n) is 7.43. The number of methoxy groups -OCH3 is 3. The molecule has 0 fully saturated rings. The SMILES string of the molecule is COC(=O)[C@@](N)(Cc1cccc2ccccc12)CC(OC)OC. The standard InChI is InChI=1S/C18H23NO4/c1-21-16(22-2)12-18(19,17(20)23-3)11-14-9-6-8-13-7-4-5-10-15(13)14/h4-10,16H,11-12,19H2,1-3H3/t18-/m1/s1.